The van der Waals surface area contributed by atoms with Crippen LogP contribution in [0.25, 0.3) is 0 Å². The fraction of sp³-hybridized carbons (Fsp3) is 0.750. The molecule has 0 spiro atoms. The van der Waals surface area contributed by atoms with Gasteiger partial charge >= 0.3 is 6.09 Å². The van der Waals surface area contributed by atoms with Gasteiger partial charge in [-0.15, -0.1) is 0 Å². The zero-order valence-electron chi connectivity index (χ0n) is 24.2. The Labute approximate surface area is 232 Å². The van der Waals surface area contributed by atoms with Gasteiger partial charge in [0.25, 0.3) is 0 Å². The lowest BCUT2D eigenvalue weighted by Gasteiger charge is -2.33. The normalized spacial score (nSPS) is 14.9. The Balaban J connectivity index is 1.39. The molecule has 1 aromatic rings. The van der Waals surface area contributed by atoms with Crippen LogP contribution in [-0.2, 0) is 11.2 Å². The molecule has 6 heteroatoms. The quantitative estimate of drug-likeness (QED) is 0.166. The molecule has 38 heavy (non-hydrogen) atoms. The molecule has 2 N–H and O–H groups in total. The number of unbranched alkanes of at least 4 members (excludes halogenated alkanes) is 13. The van der Waals surface area contributed by atoms with Crippen molar-refractivity contribution in [2.24, 2.45) is 5.92 Å². The first-order valence-corrected chi connectivity index (χ1v) is 15.5. The predicted octanol–water partition coefficient (Wildman–Crippen LogP) is 7.13. The van der Waals surface area contributed by atoms with Crippen molar-refractivity contribution in [3.8, 4) is 0 Å². The van der Waals surface area contributed by atoms with Crippen molar-refractivity contribution >= 4 is 12.0 Å². The summed E-state index contributed by atoms with van der Waals surface area (Å²) in [5.41, 5.74) is 1.47. The second-order valence-corrected chi connectivity index (χ2v) is 11.4. The second kappa shape index (κ2) is 20.8. The van der Waals surface area contributed by atoms with Crippen LogP contribution < -0.4 is 5.32 Å². The second-order valence-electron chi connectivity index (χ2n) is 11.4. The monoisotopic (exact) mass is 529 g/mol. The molecule has 2 amide bonds. The number of carbonyl (C=O) groups is 2. The smallest absolute Gasteiger partial charge is 0.404 e. The number of benzene rings is 1. The Morgan fingerprint density at radius 1 is 0.763 bits per heavy atom. The van der Waals surface area contributed by atoms with Crippen LogP contribution in [0.5, 0.6) is 0 Å². The lowest BCUT2D eigenvalue weighted by molar-refractivity contribution is -0.133. The average Bonchev–Trinajstić information content (AvgIpc) is 2.92. The Kier molecular flexibility index (Phi) is 17.6. The van der Waals surface area contributed by atoms with Crippen molar-refractivity contribution < 1.29 is 14.7 Å². The van der Waals surface area contributed by atoms with Gasteiger partial charge in [-0.2, -0.15) is 0 Å². The van der Waals surface area contributed by atoms with Crippen LogP contribution in [0, 0.1) is 5.92 Å². The van der Waals surface area contributed by atoms with Crippen molar-refractivity contribution in [3.63, 3.8) is 0 Å². The number of likely N-dealkylation sites (N-methyl/N-ethyl adjacent to an activating group) is 1. The Bertz CT molecular complexity index is 735. The standard InChI is InChI=1S/C32H55N3O3/c1-34-23-25-35(26-24-34)31(36)27-30(28-33-32(37)38)22-16-13-11-9-7-5-3-2-4-6-8-10-12-15-19-29-20-17-14-18-21-29/h14,17-18,20-21,30,33H,2-13,15-16,19,22-28H2,1H3,(H,37,38). The predicted molar refractivity (Wildman–Crippen MR) is 158 cm³/mol. The molecule has 0 radical (unpaired) electrons. The highest BCUT2D eigenvalue weighted by Gasteiger charge is 2.22. The fourth-order valence-electron chi connectivity index (χ4n) is 5.47. The van der Waals surface area contributed by atoms with Crippen LogP contribution in [0.15, 0.2) is 30.3 Å². The molecule has 1 fully saturated rings. The van der Waals surface area contributed by atoms with Gasteiger partial charge in [-0.05, 0) is 37.8 Å². The Morgan fingerprint density at radius 2 is 1.26 bits per heavy atom. The maximum Gasteiger partial charge on any atom is 0.404 e. The summed E-state index contributed by atoms with van der Waals surface area (Å²) in [7, 11) is 2.08. The van der Waals surface area contributed by atoms with E-state index < -0.39 is 6.09 Å². The van der Waals surface area contributed by atoms with Gasteiger partial charge in [-0.25, -0.2) is 4.79 Å². The van der Waals surface area contributed by atoms with Crippen LogP contribution in [0.3, 0.4) is 0 Å². The van der Waals surface area contributed by atoms with Gasteiger partial charge in [0.15, 0.2) is 0 Å². The lowest BCUT2D eigenvalue weighted by atomic mass is 9.96. The maximum absolute atomic E-state index is 12.7. The van der Waals surface area contributed by atoms with E-state index >= 15 is 0 Å². The fourth-order valence-corrected chi connectivity index (χ4v) is 5.47. The number of nitrogens with zero attached hydrogens (tertiary/aromatic N) is 2. The number of rotatable bonds is 21. The number of carbonyl (C=O) groups excluding carboxylic acids is 1. The number of nitrogens with one attached hydrogen (secondary N) is 1. The highest BCUT2D eigenvalue weighted by Crippen LogP contribution is 2.18. The molecular weight excluding hydrogens is 474 g/mol. The number of carboxylic acid groups (broad SMARTS) is 1. The molecule has 1 heterocycles. The summed E-state index contributed by atoms with van der Waals surface area (Å²) >= 11 is 0. The third-order valence-electron chi connectivity index (χ3n) is 8.03. The van der Waals surface area contributed by atoms with Crippen molar-refractivity contribution in [3.05, 3.63) is 35.9 Å². The molecule has 0 aliphatic carbocycles. The van der Waals surface area contributed by atoms with E-state index in [1.807, 2.05) is 4.90 Å². The van der Waals surface area contributed by atoms with E-state index in [1.165, 1.54) is 95.5 Å². The van der Waals surface area contributed by atoms with Gasteiger partial charge < -0.3 is 20.2 Å². The van der Waals surface area contributed by atoms with Gasteiger partial charge in [-0.1, -0.05) is 114 Å². The summed E-state index contributed by atoms with van der Waals surface area (Å²) in [6, 6.07) is 10.8. The first kappa shape index (κ1) is 32.1. The van der Waals surface area contributed by atoms with Crippen LogP contribution in [-0.4, -0.2) is 66.7 Å². The van der Waals surface area contributed by atoms with E-state index in [2.05, 4.69) is 47.6 Å². The van der Waals surface area contributed by atoms with Crippen molar-refractivity contribution in [1.82, 2.24) is 15.1 Å². The summed E-state index contributed by atoms with van der Waals surface area (Å²) in [5.74, 6) is 0.278. The molecule has 1 aliphatic heterocycles. The topological polar surface area (TPSA) is 72.9 Å². The third-order valence-corrected chi connectivity index (χ3v) is 8.03. The molecule has 1 aliphatic rings. The molecule has 1 aromatic carbocycles. The van der Waals surface area contributed by atoms with E-state index in [0.29, 0.717) is 13.0 Å². The minimum Gasteiger partial charge on any atom is -0.465 e. The molecular formula is C32H55N3O3. The van der Waals surface area contributed by atoms with Crippen molar-refractivity contribution in [2.45, 2.75) is 109 Å². The average molecular weight is 530 g/mol. The van der Waals surface area contributed by atoms with E-state index in [1.54, 1.807) is 0 Å². The Morgan fingerprint density at radius 3 is 1.79 bits per heavy atom. The van der Waals surface area contributed by atoms with Crippen LogP contribution in [0.1, 0.15) is 108 Å². The first-order valence-electron chi connectivity index (χ1n) is 15.5. The lowest BCUT2D eigenvalue weighted by Crippen LogP contribution is -2.47. The number of hydrogen-bond acceptors (Lipinski definition) is 3. The van der Waals surface area contributed by atoms with Crippen molar-refractivity contribution in [2.75, 3.05) is 39.8 Å². The summed E-state index contributed by atoms with van der Waals surface area (Å²) in [4.78, 5) is 27.9. The molecule has 0 saturated carbocycles. The molecule has 1 saturated heterocycles. The van der Waals surface area contributed by atoms with E-state index in [-0.39, 0.29) is 11.8 Å². The Hall–Kier alpha value is -2.08. The van der Waals surface area contributed by atoms with Gasteiger partial charge in [0, 0.05) is 39.1 Å². The molecule has 6 nitrogen and oxygen atoms in total. The SMILES string of the molecule is CN1CCN(C(=O)CC(CCCCCCCCCCCCCCCCc2ccccc2)CNC(=O)O)CC1. The highest BCUT2D eigenvalue weighted by atomic mass is 16.4. The van der Waals surface area contributed by atoms with Gasteiger partial charge in [0.2, 0.25) is 5.91 Å². The summed E-state index contributed by atoms with van der Waals surface area (Å²) in [6.07, 6.45) is 20.0. The zero-order valence-corrected chi connectivity index (χ0v) is 24.2. The number of aryl methyl sites for hydroxylation is 1. The first-order chi connectivity index (χ1) is 18.5. The molecule has 0 aromatic heterocycles. The van der Waals surface area contributed by atoms with Crippen LogP contribution >= 0.6 is 0 Å². The zero-order chi connectivity index (χ0) is 27.3. The van der Waals surface area contributed by atoms with E-state index in [0.717, 1.165) is 39.0 Å². The van der Waals surface area contributed by atoms with Gasteiger partial charge in [0.1, 0.15) is 0 Å². The summed E-state index contributed by atoms with van der Waals surface area (Å²) < 4.78 is 0. The maximum atomic E-state index is 12.7. The van der Waals surface area contributed by atoms with Crippen LogP contribution in [0.4, 0.5) is 4.79 Å². The molecule has 0 bridgehead atoms. The summed E-state index contributed by atoms with van der Waals surface area (Å²) in [6.45, 7) is 3.77. The molecule has 216 valence electrons. The van der Waals surface area contributed by atoms with E-state index in [9.17, 15) is 9.59 Å². The van der Waals surface area contributed by atoms with Crippen LogP contribution in [0.2, 0.25) is 0 Å². The largest absolute Gasteiger partial charge is 0.465 e. The number of piperazine rings is 1. The van der Waals surface area contributed by atoms with Gasteiger partial charge in [-0.3, -0.25) is 4.79 Å². The molecule has 1 atom stereocenters. The molecule has 1 unspecified atom stereocenters. The minimum absolute atomic E-state index is 0.0992. The third kappa shape index (κ3) is 16.0. The molecule has 2 rings (SSSR count). The highest BCUT2D eigenvalue weighted by molar-refractivity contribution is 5.76. The minimum atomic E-state index is -0.999. The van der Waals surface area contributed by atoms with E-state index in [4.69, 9.17) is 5.11 Å². The van der Waals surface area contributed by atoms with Gasteiger partial charge in [0.05, 0.1) is 0 Å². The summed E-state index contributed by atoms with van der Waals surface area (Å²) in [5, 5.41) is 11.5. The number of amides is 2. The number of hydrogen-bond donors (Lipinski definition) is 2. The van der Waals surface area contributed by atoms with Crippen molar-refractivity contribution in [1.29, 1.82) is 0 Å².